The molecule has 116 valence electrons. The first-order valence-electron chi connectivity index (χ1n) is 7.60. The maximum Gasteiger partial charge on any atom is 0.255 e. The molecule has 5 nitrogen and oxygen atoms in total. The highest BCUT2D eigenvalue weighted by molar-refractivity contribution is 5.21. The molecule has 22 heavy (non-hydrogen) atoms. The van der Waals surface area contributed by atoms with Crippen molar-refractivity contribution >= 4 is 0 Å². The summed E-state index contributed by atoms with van der Waals surface area (Å²) in [5.74, 6) is 0.316. The van der Waals surface area contributed by atoms with Gasteiger partial charge in [0.1, 0.15) is 5.82 Å². The molecule has 0 amide bonds. The first kappa shape index (κ1) is 14.8. The van der Waals surface area contributed by atoms with Gasteiger partial charge in [0.25, 0.3) is 5.56 Å². The van der Waals surface area contributed by atoms with E-state index >= 15 is 0 Å². The Bertz CT molecular complexity index is 728. The number of fused-ring (bicyclic) bond motifs is 1. The van der Waals surface area contributed by atoms with Crippen LogP contribution in [0.4, 0.5) is 4.39 Å². The van der Waals surface area contributed by atoms with Crippen LogP contribution in [0, 0.1) is 5.95 Å². The Morgan fingerprint density at radius 3 is 3.09 bits per heavy atom. The molecule has 1 aliphatic rings. The monoisotopic (exact) mass is 302 g/mol. The Morgan fingerprint density at radius 1 is 1.45 bits per heavy atom. The Labute approximate surface area is 128 Å². The highest BCUT2D eigenvalue weighted by Gasteiger charge is 2.21. The van der Waals surface area contributed by atoms with Gasteiger partial charge in [-0.25, -0.2) is 9.97 Å². The van der Waals surface area contributed by atoms with E-state index in [2.05, 4.69) is 26.8 Å². The van der Waals surface area contributed by atoms with Gasteiger partial charge < -0.3 is 4.98 Å². The molecule has 0 radical (unpaired) electrons. The minimum absolute atomic E-state index is 0.0650. The first-order chi connectivity index (χ1) is 10.7. The van der Waals surface area contributed by atoms with E-state index in [9.17, 15) is 9.18 Å². The van der Waals surface area contributed by atoms with Crippen LogP contribution in [0.25, 0.3) is 0 Å². The summed E-state index contributed by atoms with van der Waals surface area (Å²) in [6.07, 6.45) is 3.90. The number of hydrogen-bond donors (Lipinski definition) is 1. The van der Waals surface area contributed by atoms with Gasteiger partial charge in [-0.2, -0.15) is 4.39 Å². The minimum Gasteiger partial charge on any atom is -0.310 e. The summed E-state index contributed by atoms with van der Waals surface area (Å²) in [6, 6.07) is 3.45. The molecule has 0 aliphatic carbocycles. The van der Waals surface area contributed by atoms with Gasteiger partial charge in [0, 0.05) is 44.2 Å². The van der Waals surface area contributed by atoms with Crippen LogP contribution >= 0.6 is 0 Å². The molecule has 0 saturated heterocycles. The fraction of sp³-hybridized carbons (Fsp3) is 0.438. The molecule has 0 unspecified atom stereocenters. The van der Waals surface area contributed by atoms with Gasteiger partial charge in [-0.3, -0.25) is 9.69 Å². The zero-order valence-electron chi connectivity index (χ0n) is 12.6. The summed E-state index contributed by atoms with van der Waals surface area (Å²) < 4.78 is 13.6. The predicted octanol–water partition coefficient (Wildman–Crippen LogP) is 1.81. The third-order valence-electron chi connectivity index (χ3n) is 3.91. The lowest BCUT2D eigenvalue weighted by molar-refractivity contribution is 0.237. The molecule has 1 N–H and O–H groups in total. The maximum atomic E-state index is 13.6. The zero-order chi connectivity index (χ0) is 15.5. The minimum atomic E-state index is -0.446. The molecule has 0 atom stereocenters. The van der Waals surface area contributed by atoms with E-state index in [1.54, 1.807) is 12.1 Å². The van der Waals surface area contributed by atoms with Gasteiger partial charge in [-0.1, -0.05) is 13.0 Å². The standard InChI is InChI=1S/C16H19FN4O/c1-2-4-14-19-13-6-8-21(10-12(13)16(22)20-14)9-11-5-3-7-18-15(11)17/h3,5,7H,2,4,6,8-10H2,1H3,(H,19,20,22). The predicted molar refractivity (Wildman–Crippen MR) is 80.9 cm³/mol. The molecule has 3 rings (SSSR count). The molecule has 0 aromatic carbocycles. The molecule has 0 fully saturated rings. The fourth-order valence-corrected chi connectivity index (χ4v) is 2.80. The second-order valence-electron chi connectivity index (χ2n) is 5.60. The van der Waals surface area contributed by atoms with Crippen molar-refractivity contribution in [3.05, 3.63) is 57.3 Å². The van der Waals surface area contributed by atoms with Crippen molar-refractivity contribution in [3.8, 4) is 0 Å². The lowest BCUT2D eigenvalue weighted by atomic mass is 10.1. The van der Waals surface area contributed by atoms with Crippen molar-refractivity contribution in [2.75, 3.05) is 6.54 Å². The zero-order valence-corrected chi connectivity index (χ0v) is 12.6. The average Bonchev–Trinajstić information content (AvgIpc) is 2.51. The largest absolute Gasteiger partial charge is 0.310 e. The second kappa shape index (κ2) is 6.36. The van der Waals surface area contributed by atoms with Gasteiger partial charge in [-0.05, 0) is 12.5 Å². The number of H-pyrrole nitrogens is 1. The Kier molecular flexibility index (Phi) is 4.29. The lowest BCUT2D eigenvalue weighted by Crippen LogP contribution is -2.36. The van der Waals surface area contributed by atoms with Crippen LogP contribution in [0.2, 0.25) is 0 Å². The van der Waals surface area contributed by atoms with Gasteiger partial charge in [-0.15, -0.1) is 0 Å². The maximum absolute atomic E-state index is 13.6. The van der Waals surface area contributed by atoms with E-state index in [0.29, 0.717) is 24.2 Å². The number of hydrogen-bond acceptors (Lipinski definition) is 4. The second-order valence-corrected chi connectivity index (χ2v) is 5.60. The average molecular weight is 302 g/mol. The smallest absolute Gasteiger partial charge is 0.255 e. The summed E-state index contributed by atoms with van der Waals surface area (Å²) >= 11 is 0. The van der Waals surface area contributed by atoms with Gasteiger partial charge in [0.15, 0.2) is 0 Å². The summed E-state index contributed by atoms with van der Waals surface area (Å²) in [5, 5.41) is 0. The van der Waals surface area contributed by atoms with Crippen molar-refractivity contribution in [2.24, 2.45) is 0 Å². The van der Waals surface area contributed by atoms with Crippen molar-refractivity contribution in [1.29, 1.82) is 0 Å². The van der Waals surface area contributed by atoms with Crippen molar-refractivity contribution in [2.45, 2.75) is 39.3 Å². The van der Waals surface area contributed by atoms with E-state index < -0.39 is 5.95 Å². The number of rotatable bonds is 4. The van der Waals surface area contributed by atoms with E-state index in [-0.39, 0.29) is 5.56 Å². The SMILES string of the molecule is CCCc1nc2c(c(=O)[nH]1)CN(Cc1cccnc1F)CC2. The topological polar surface area (TPSA) is 61.9 Å². The molecule has 6 heteroatoms. The Hall–Kier alpha value is -2.08. The molecule has 2 aromatic heterocycles. The molecule has 3 heterocycles. The molecule has 2 aromatic rings. The van der Waals surface area contributed by atoms with Crippen LogP contribution in [0.3, 0.4) is 0 Å². The molecule has 0 saturated carbocycles. The van der Waals surface area contributed by atoms with Gasteiger partial charge in [0.05, 0.1) is 11.3 Å². The van der Waals surface area contributed by atoms with Crippen molar-refractivity contribution in [3.63, 3.8) is 0 Å². The van der Waals surface area contributed by atoms with Crippen LogP contribution in [0.1, 0.15) is 36.0 Å². The summed E-state index contributed by atoms with van der Waals surface area (Å²) in [7, 11) is 0. The van der Waals surface area contributed by atoms with E-state index in [1.807, 2.05) is 0 Å². The fourth-order valence-electron chi connectivity index (χ4n) is 2.80. The van der Waals surface area contributed by atoms with Gasteiger partial charge >= 0.3 is 0 Å². The van der Waals surface area contributed by atoms with Crippen LogP contribution < -0.4 is 5.56 Å². The summed E-state index contributed by atoms with van der Waals surface area (Å²) in [5.41, 5.74) is 2.08. The highest BCUT2D eigenvalue weighted by atomic mass is 19.1. The Morgan fingerprint density at radius 2 is 2.32 bits per heavy atom. The van der Waals surface area contributed by atoms with Gasteiger partial charge in [0.2, 0.25) is 5.95 Å². The third-order valence-corrected chi connectivity index (χ3v) is 3.91. The van der Waals surface area contributed by atoms with Crippen molar-refractivity contribution < 1.29 is 4.39 Å². The number of nitrogens with one attached hydrogen (secondary N) is 1. The van der Waals surface area contributed by atoms with Crippen LogP contribution in [-0.2, 0) is 25.9 Å². The summed E-state index contributed by atoms with van der Waals surface area (Å²) in [6.45, 7) is 3.78. The number of nitrogens with zero attached hydrogens (tertiary/aromatic N) is 3. The van der Waals surface area contributed by atoms with Crippen LogP contribution in [-0.4, -0.2) is 26.4 Å². The number of aromatic nitrogens is 3. The molecule has 1 aliphatic heterocycles. The van der Waals surface area contributed by atoms with E-state index in [4.69, 9.17) is 0 Å². The normalized spacial score (nSPS) is 14.8. The number of halogens is 1. The molecular formula is C16H19FN4O. The highest BCUT2D eigenvalue weighted by Crippen LogP contribution is 2.17. The quantitative estimate of drug-likeness (QED) is 0.875. The van der Waals surface area contributed by atoms with E-state index in [0.717, 1.165) is 37.3 Å². The molecule has 0 spiro atoms. The lowest BCUT2D eigenvalue weighted by Gasteiger charge is -2.27. The van der Waals surface area contributed by atoms with Crippen LogP contribution in [0.5, 0.6) is 0 Å². The first-order valence-corrected chi connectivity index (χ1v) is 7.60. The van der Waals surface area contributed by atoms with Crippen LogP contribution in [0.15, 0.2) is 23.1 Å². The molecular weight excluding hydrogens is 283 g/mol. The van der Waals surface area contributed by atoms with Crippen molar-refractivity contribution in [1.82, 2.24) is 19.9 Å². The summed E-state index contributed by atoms with van der Waals surface area (Å²) in [4.78, 5) is 25.3. The Balaban J connectivity index is 1.79. The third kappa shape index (κ3) is 3.06. The number of aromatic amines is 1. The number of aryl methyl sites for hydroxylation is 1. The number of pyridine rings is 1. The van der Waals surface area contributed by atoms with E-state index in [1.165, 1.54) is 6.20 Å². The molecule has 0 bridgehead atoms.